The molecule has 1 amide bonds. The molecule has 0 spiro atoms. The number of hydrogen-bond donors (Lipinski definition) is 3. The minimum atomic E-state index is -3.16. The number of amides is 1. The molecule has 30 heavy (non-hydrogen) atoms. The molecule has 0 aliphatic heterocycles. The van der Waals surface area contributed by atoms with Crippen LogP contribution in [0.3, 0.4) is 0 Å². The van der Waals surface area contributed by atoms with Crippen LogP contribution in [-0.2, 0) is 21.1 Å². The number of nitrogens with one attached hydrogen (secondary N) is 3. The highest BCUT2D eigenvalue weighted by Crippen LogP contribution is 2.25. The molecule has 7 nitrogen and oxygen atoms in total. The van der Waals surface area contributed by atoms with Crippen LogP contribution in [0.2, 0.25) is 0 Å². The first-order chi connectivity index (χ1) is 13.9. The maximum Gasteiger partial charge on any atom is 0.220 e. The fourth-order valence-electron chi connectivity index (χ4n) is 3.56. The fourth-order valence-corrected chi connectivity index (χ4v) is 4.19. The Morgan fingerprint density at radius 1 is 1.00 bits per heavy atom. The fraction of sp³-hybridized carbons (Fsp3) is 0.619. The van der Waals surface area contributed by atoms with Crippen LogP contribution < -0.4 is 16.0 Å². The van der Waals surface area contributed by atoms with Crippen molar-refractivity contribution >= 4 is 45.7 Å². The van der Waals surface area contributed by atoms with E-state index in [-0.39, 0.29) is 29.9 Å². The molecular formula is C21H35IN4O3S. The second kappa shape index (κ2) is 13.8. The number of aliphatic imine (C=N–C) groups is 1. The third-order valence-corrected chi connectivity index (χ3v) is 6.35. The molecule has 0 bridgehead atoms. The van der Waals surface area contributed by atoms with E-state index in [9.17, 15) is 13.2 Å². The lowest BCUT2D eigenvalue weighted by Crippen LogP contribution is -2.42. The van der Waals surface area contributed by atoms with Crippen LogP contribution in [0.5, 0.6) is 0 Å². The molecule has 0 radical (unpaired) electrons. The van der Waals surface area contributed by atoms with E-state index in [2.05, 4.69) is 20.9 Å². The van der Waals surface area contributed by atoms with Crippen LogP contribution in [-0.4, -0.2) is 53.2 Å². The van der Waals surface area contributed by atoms with Gasteiger partial charge < -0.3 is 16.0 Å². The van der Waals surface area contributed by atoms with Gasteiger partial charge in [-0.3, -0.25) is 9.79 Å². The number of carbonyl (C=O) groups excluding carboxylic acids is 1. The molecule has 1 fully saturated rings. The highest BCUT2D eigenvalue weighted by molar-refractivity contribution is 14.0. The lowest BCUT2D eigenvalue weighted by Gasteiger charge is -2.20. The molecule has 170 valence electrons. The normalized spacial score (nSPS) is 15.2. The van der Waals surface area contributed by atoms with E-state index in [1.54, 1.807) is 19.2 Å². The number of benzene rings is 1. The Morgan fingerprint density at radius 3 is 2.20 bits per heavy atom. The van der Waals surface area contributed by atoms with E-state index >= 15 is 0 Å². The zero-order valence-corrected chi connectivity index (χ0v) is 21.1. The number of rotatable bonds is 9. The molecule has 2 rings (SSSR count). The summed E-state index contributed by atoms with van der Waals surface area (Å²) in [5.74, 6) is 1.37. The Labute approximate surface area is 197 Å². The van der Waals surface area contributed by atoms with Crippen molar-refractivity contribution in [3.05, 3.63) is 29.8 Å². The maximum absolute atomic E-state index is 12.0. The van der Waals surface area contributed by atoms with Crippen molar-refractivity contribution < 1.29 is 13.2 Å². The number of guanidine groups is 1. The summed E-state index contributed by atoms with van der Waals surface area (Å²) in [6.07, 6.45) is 8.77. The van der Waals surface area contributed by atoms with Gasteiger partial charge in [0.1, 0.15) is 0 Å². The van der Waals surface area contributed by atoms with Crippen molar-refractivity contribution in [2.45, 2.75) is 49.8 Å². The van der Waals surface area contributed by atoms with Crippen LogP contribution in [0, 0.1) is 5.92 Å². The van der Waals surface area contributed by atoms with E-state index < -0.39 is 9.84 Å². The van der Waals surface area contributed by atoms with Gasteiger partial charge in [0.25, 0.3) is 0 Å². The van der Waals surface area contributed by atoms with Crippen LogP contribution in [0.1, 0.15) is 44.1 Å². The van der Waals surface area contributed by atoms with Crippen molar-refractivity contribution in [2.24, 2.45) is 10.9 Å². The van der Waals surface area contributed by atoms with E-state index in [0.29, 0.717) is 42.8 Å². The summed E-state index contributed by atoms with van der Waals surface area (Å²) < 4.78 is 23.0. The van der Waals surface area contributed by atoms with Crippen LogP contribution in [0.15, 0.2) is 34.2 Å². The molecule has 1 aliphatic carbocycles. The molecule has 3 N–H and O–H groups in total. The topological polar surface area (TPSA) is 99.7 Å². The van der Waals surface area contributed by atoms with Crippen LogP contribution in [0.4, 0.5) is 0 Å². The van der Waals surface area contributed by atoms with E-state index in [4.69, 9.17) is 0 Å². The molecule has 0 saturated heterocycles. The molecule has 1 aromatic rings. The molecule has 1 saturated carbocycles. The lowest BCUT2D eigenvalue weighted by molar-refractivity contribution is -0.122. The highest BCUT2D eigenvalue weighted by Gasteiger charge is 2.16. The molecule has 0 heterocycles. The highest BCUT2D eigenvalue weighted by atomic mass is 127. The number of hydrogen-bond acceptors (Lipinski definition) is 4. The summed E-state index contributed by atoms with van der Waals surface area (Å²) in [7, 11) is -1.45. The van der Waals surface area contributed by atoms with E-state index in [1.165, 1.54) is 38.4 Å². The first-order valence-electron chi connectivity index (χ1n) is 10.4. The number of nitrogens with zero attached hydrogens (tertiary/aromatic N) is 1. The minimum Gasteiger partial charge on any atom is -0.356 e. The minimum absolute atomic E-state index is 0. The SMILES string of the molecule is CN=C(NCCNC(=O)CC1CCCCC1)NCCc1ccc(S(C)(=O)=O)cc1.I. The van der Waals surface area contributed by atoms with Gasteiger partial charge in [-0.15, -0.1) is 24.0 Å². The van der Waals surface area contributed by atoms with Gasteiger partial charge in [0.2, 0.25) is 5.91 Å². The van der Waals surface area contributed by atoms with Gasteiger partial charge >= 0.3 is 0 Å². The second-order valence-electron chi connectivity index (χ2n) is 7.65. The summed E-state index contributed by atoms with van der Waals surface area (Å²) in [5.41, 5.74) is 1.05. The van der Waals surface area contributed by atoms with Gasteiger partial charge in [-0.05, 0) is 42.9 Å². The van der Waals surface area contributed by atoms with Crippen molar-refractivity contribution in [1.82, 2.24) is 16.0 Å². The molecule has 0 unspecified atom stereocenters. The van der Waals surface area contributed by atoms with Gasteiger partial charge in [-0.25, -0.2) is 8.42 Å². The van der Waals surface area contributed by atoms with E-state index in [1.807, 2.05) is 12.1 Å². The predicted molar refractivity (Wildman–Crippen MR) is 132 cm³/mol. The zero-order chi connectivity index (χ0) is 21.1. The zero-order valence-electron chi connectivity index (χ0n) is 17.9. The van der Waals surface area contributed by atoms with Gasteiger partial charge in [0.05, 0.1) is 4.90 Å². The molecule has 0 atom stereocenters. The Kier molecular flexibility index (Phi) is 12.3. The van der Waals surface area contributed by atoms with Gasteiger partial charge in [0, 0.05) is 39.4 Å². The Hall–Kier alpha value is -1.36. The average Bonchev–Trinajstić information content (AvgIpc) is 2.70. The summed E-state index contributed by atoms with van der Waals surface area (Å²) >= 11 is 0. The molecule has 0 aromatic heterocycles. The third-order valence-electron chi connectivity index (χ3n) is 5.22. The smallest absolute Gasteiger partial charge is 0.220 e. The third kappa shape index (κ3) is 10.1. The summed E-state index contributed by atoms with van der Waals surface area (Å²) in [4.78, 5) is 16.5. The monoisotopic (exact) mass is 550 g/mol. The molecule has 9 heteroatoms. The number of sulfone groups is 1. The Morgan fingerprint density at radius 2 is 1.60 bits per heavy atom. The standard InChI is InChI=1S/C21H34N4O3S.HI/c1-22-21(24-13-12-17-8-10-19(11-9-17)29(2,27)28)25-15-14-23-20(26)16-18-6-4-3-5-7-18;/h8-11,18H,3-7,12-16H2,1-2H3,(H,23,26)(H2,22,24,25);1H. The summed E-state index contributed by atoms with van der Waals surface area (Å²) in [6, 6.07) is 6.92. The van der Waals surface area contributed by atoms with Crippen molar-refractivity contribution in [3.63, 3.8) is 0 Å². The Balaban J connectivity index is 0.00000450. The van der Waals surface area contributed by atoms with Gasteiger partial charge in [-0.1, -0.05) is 31.4 Å². The number of halogens is 1. The van der Waals surface area contributed by atoms with Crippen LogP contribution in [0.25, 0.3) is 0 Å². The van der Waals surface area contributed by atoms with Crippen molar-refractivity contribution in [1.29, 1.82) is 0 Å². The lowest BCUT2D eigenvalue weighted by atomic mass is 9.87. The molecule has 1 aromatic carbocycles. The summed E-state index contributed by atoms with van der Waals surface area (Å²) in [5, 5.41) is 9.39. The maximum atomic E-state index is 12.0. The summed E-state index contributed by atoms with van der Waals surface area (Å²) in [6.45, 7) is 1.85. The molecule has 1 aliphatic rings. The largest absolute Gasteiger partial charge is 0.356 e. The first-order valence-corrected chi connectivity index (χ1v) is 12.3. The van der Waals surface area contributed by atoms with Crippen molar-refractivity contribution in [2.75, 3.05) is 32.9 Å². The quantitative estimate of drug-likeness (QED) is 0.190. The average molecular weight is 551 g/mol. The number of carbonyl (C=O) groups is 1. The Bertz CT molecular complexity index is 776. The molecular weight excluding hydrogens is 515 g/mol. The van der Waals surface area contributed by atoms with Crippen molar-refractivity contribution in [3.8, 4) is 0 Å². The van der Waals surface area contributed by atoms with Crippen LogP contribution >= 0.6 is 24.0 Å². The first kappa shape index (κ1) is 26.7. The van der Waals surface area contributed by atoms with Gasteiger partial charge in [-0.2, -0.15) is 0 Å². The predicted octanol–water partition coefficient (Wildman–Crippen LogP) is 2.50. The van der Waals surface area contributed by atoms with Gasteiger partial charge in [0.15, 0.2) is 15.8 Å². The van der Waals surface area contributed by atoms with E-state index in [0.717, 1.165) is 12.0 Å². The second-order valence-corrected chi connectivity index (χ2v) is 9.67.